The van der Waals surface area contributed by atoms with Crippen molar-refractivity contribution in [2.75, 3.05) is 19.3 Å². The highest BCUT2D eigenvalue weighted by molar-refractivity contribution is 5.78. The van der Waals surface area contributed by atoms with Crippen LogP contribution in [0.2, 0.25) is 0 Å². The Bertz CT molecular complexity index is 592. The number of nitrogens with two attached hydrogens (primary N) is 1. The van der Waals surface area contributed by atoms with Gasteiger partial charge in [0.05, 0.1) is 11.0 Å². The molecule has 0 amide bonds. The molecule has 2 aromatic rings. The van der Waals surface area contributed by atoms with Gasteiger partial charge in [-0.15, -0.1) is 0 Å². The number of hydrogen-bond donors (Lipinski definition) is 1. The van der Waals surface area contributed by atoms with E-state index in [4.69, 9.17) is 5.73 Å². The Hall–Kier alpha value is -1.62. The minimum absolute atomic E-state index is 0.271. The van der Waals surface area contributed by atoms with Crippen molar-refractivity contribution in [2.45, 2.75) is 31.8 Å². The summed E-state index contributed by atoms with van der Waals surface area (Å²) in [5.74, 6) is 0.200. The molecule has 0 radical (unpaired) electrons. The number of benzene rings is 1. The second-order valence-corrected chi connectivity index (χ2v) is 5.34. The van der Waals surface area contributed by atoms with E-state index < -0.39 is 0 Å². The van der Waals surface area contributed by atoms with Crippen LogP contribution in [0.25, 0.3) is 11.0 Å². The van der Waals surface area contributed by atoms with Gasteiger partial charge in [-0.2, -0.15) is 0 Å². The molecule has 1 aliphatic heterocycles. The molecule has 3 rings (SSSR count). The second-order valence-electron chi connectivity index (χ2n) is 5.34. The van der Waals surface area contributed by atoms with E-state index in [1.807, 2.05) is 4.57 Å². The Balaban J connectivity index is 1.93. The molecule has 2 N–H and O–H groups in total. The monoisotopic (exact) mass is 262 g/mol. The third-order valence-electron chi connectivity index (χ3n) is 4.05. The molecule has 4 nitrogen and oxygen atoms in total. The molecule has 1 aromatic carbocycles. The number of aromatic nitrogens is 2. The molecule has 19 heavy (non-hydrogen) atoms. The summed E-state index contributed by atoms with van der Waals surface area (Å²) < 4.78 is 15.2. The van der Waals surface area contributed by atoms with Gasteiger partial charge in [-0.1, -0.05) is 6.42 Å². The van der Waals surface area contributed by atoms with E-state index in [0.717, 1.165) is 18.6 Å². The van der Waals surface area contributed by atoms with Crippen molar-refractivity contribution in [3.8, 4) is 0 Å². The van der Waals surface area contributed by atoms with E-state index in [-0.39, 0.29) is 5.82 Å². The third-order valence-corrected chi connectivity index (χ3v) is 4.05. The maximum atomic E-state index is 13.2. The molecule has 1 saturated heterocycles. The SMILES string of the molecule is CN1CCCCC1Cn1c(N)nc2cc(F)ccc21. The zero-order chi connectivity index (χ0) is 13.4. The molecule has 1 aromatic heterocycles. The van der Waals surface area contributed by atoms with Crippen LogP contribution in [-0.4, -0.2) is 34.1 Å². The lowest BCUT2D eigenvalue weighted by molar-refractivity contribution is 0.169. The van der Waals surface area contributed by atoms with E-state index in [2.05, 4.69) is 16.9 Å². The predicted molar refractivity (Wildman–Crippen MR) is 74.4 cm³/mol. The molecule has 1 aliphatic rings. The number of nitrogen functional groups attached to an aromatic ring is 1. The lowest BCUT2D eigenvalue weighted by atomic mass is 10.0. The topological polar surface area (TPSA) is 47.1 Å². The summed E-state index contributed by atoms with van der Waals surface area (Å²) in [4.78, 5) is 6.62. The number of likely N-dealkylation sites (tertiary alicyclic amines) is 1. The van der Waals surface area contributed by atoms with E-state index in [9.17, 15) is 4.39 Å². The van der Waals surface area contributed by atoms with Gasteiger partial charge in [0.1, 0.15) is 5.82 Å². The zero-order valence-corrected chi connectivity index (χ0v) is 11.1. The van der Waals surface area contributed by atoms with Crippen molar-refractivity contribution in [1.82, 2.24) is 14.5 Å². The highest BCUT2D eigenvalue weighted by Gasteiger charge is 2.21. The van der Waals surface area contributed by atoms with Crippen LogP contribution in [0.3, 0.4) is 0 Å². The largest absolute Gasteiger partial charge is 0.369 e. The molecular formula is C14H19FN4. The van der Waals surface area contributed by atoms with Crippen molar-refractivity contribution < 1.29 is 4.39 Å². The van der Waals surface area contributed by atoms with Gasteiger partial charge >= 0.3 is 0 Å². The summed E-state index contributed by atoms with van der Waals surface area (Å²) in [6.45, 7) is 1.95. The Labute approximate surface area is 112 Å². The lowest BCUT2D eigenvalue weighted by Gasteiger charge is -2.32. The van der Waals surface area contributed by atoms with Crippen LogP contribution in [0.1, 0.15) is 19.3 Å². The predicted octanol–water partition coefficient (Wildman–Crippen LogP) is 2.24. The normalized spacial score (nSPS) is 21.1. The van der Waals surface area contributed by atoms with Gasteiger partial charge < -0.3 is 15.2 Å². The maximum Gasteiger partial charge on any atom is 0.201 e. The van der Waals surface area contributed by atoms with Gasteiger partial charge in [0.15, 0.2) is 0 Å². The third kappa shape index (κ3) is 2.30. The summed E-state index contributed by atoms with van der Waals surface area (Å²) in [5, 5.41) is 0. The van der Waals surface area contributed by atoms with Gasteiger partial charge in [-0.25, -0.2) is 9.37 Å². The van der Waals surface area contributed by atoms with Gasteiger partial charge in [0.25, 0.3) is 0 Å². The average Bonchev–Trinajstić information content (AvgIpc) is 2.68. The first-order valence-corrected chi connectivity index (χ1v) is 6.76. The highest BCUT2D eigenvalue weighted by Crippen LogP contribution is 2.23. The summed E-state index contributed by atoms with van der Waals surface area (Å²) in [7, 11) is 2.15. The van der Waals surface area contributed by atoms with Crippen LogP contribution in [0.15, 0.2) is 18.2 Å². The Morgan fingerprint density at radius 1 is 1.42 bits per heavy atom. The minimum Gasteiger partial charge on any atom is -0.369 e. The number of hydrogen-bond acceptors (Lipinski definition) is 3. The number of imidazole rings is 1. The molecule has 0 saturated carbocycles. The van der Waals surface area contributed by atoms with Crippen molar-refractivity contribution in [1.29, 1.82) is 0 Å². The van der Waals surface area contributed by atoms with Gasteiger partial charge in [0, 0.05) is 18.7 Å². The van der Waals surface area contributed by atoms with Crippen LogP contribution < -0.4 is 5.73 Å². The highest BCUT2D eigenvalue weighted by atomic mass is 19.1. The van der Waals surface area contributed by atoms with E-state index >= 15 is 0 Å². The fourth-order valence-corrected chi connectivity index (χ4v) is 2.90. The Kier molecular flexibility index (Phi) is 3.14. The van der Waals surface area contributed by atoms with Crippen LogP contribution in [0.4, 0.5) is 10.3 Å². The zero-order valence-electron chi connectivity index (χ0n) is 11.1. The number of fused-ring (bicyclic) bond motifs is 1. The van der Waals surface area contributed by atoms with Crippen LogP contribution in [0.5, 0.6) is 0 Å². The minimum atomic E-state index is -0.271. The fourth-order valence-electron chi connectivity index (χ4n) is 2.90. The number of rotatable bonds is 2. The Morgan fingerprint density at radius 2 is 2.26 bits per heavy atom. The van der Waals surface area contributed by atoms with Crippen molar-refractivity contribution >= 4 is 17.0 Å². The molecule has 102 valence electrons. The van der Waals surface area contributed by atoms with Crippen molar-refractivity contribution in [3.63, 3.8) is 0 Å². The van der Waals surface area contributed by atoms with Crippen LogP contribution in [0, 0.1) is 5.82 Å². The first kappa shape index (κ1) is 12.4. The molecule has 1 atom stereocenters. The fraction of sp³-hybridized carbons (Fsp3) is 0.500. The van der Waals surface area contributed by atoms with Crippen molar-refractivity contribution in [2.24, 2.45) is 0 Å². The molecule has 0 spiro atoms. The molecule has 0 aliphatic carbocycles. The van der Waals surface area contributed by atoms with Gasteiger partial charge in [0.2, 0.25) is 5.95 Å². The molecule has 5 heteroatoms. The number of nitrogens with zero attached hydrogens (tertiary/aromatic N) is 3. The maximum absolute atomic E-state index is 13.2. The standard InChI is InChI=1S/C14H19FN4/c1-18-7-3-2-4-11(18)9-19-13-6-5-10(15)8-12(13)17-14(19)16/h5-6,8,11H,2-4,7,9H2,1H3,(H2,16,17). The van der Waals surface area contributed by atoms with Gasteiger partial charge in [-0.05, 0) is 38.6 Å². The second kappa shape index (κ2) is 4.81. The first-order chi connectivity index (χ1) is 9.15. The molecular weight excluding hydrogens is 243 g/mol. The number of piperidine rings is 1. The smallest absolute Gasteiger partial charge is 0.201 e. The molecule has 2 heterocycles. The number of likely N-dealkylation sites (N-methyl/N-ethyl adjacent to an activating group) is 1. The summed E-state index contributed by atoms with van der Waals surface area (Å²) >= 11 is 0. The van der Waals surface area contributed by atoms with Crippen LogP contribution >= 0.6 is 0 Å². The van der Waals surface area contributed by atoms with Crippen molar-refractivity contribution in [3.05, 3.63) is 24.0 Å². The number of anilines is 1. The number of halogens is 1. The van der Waals surface area contributed by atoms with E-state index in [1.165, 1.54) is 31.4 Å². The van der Waals surface area contributed by atoms with E-state index in [0.29, 0.717) is 17.5 Å². The lowest BCUT2D eigenvalue weighted by Crippen LogP contribution is -2.39. The summed E-state index contributed by atoms with van der Waals surface area (Å²) in [6, 6.07) is 5.15. The van der Waals surface area contributed by atoms with E-state index in [1.54, 1.807) is 6.07 Å². The Morgan fingerprint density at radius 3 is 3.05 bits per heavy atom. The van der Waals surface area contributed by atoms with Crippen LogP contribution in [-0.2, 0) is 6.54 Å². The summed E-state index contributed by atoms with van der Waals surface area (Å²) in [6.07, 6.45) is 3.70. The molecule has 0 bridgehead atoms. The van der Waals surface area contributed by atoms with Gasteiger partial charge in [-0.3, -0.25) is 0 Å². The average molecular weight is 262 g/mol. The molecule has 1 fully saturated rings. The summed E-state index contributed by atoms with van der Waals surface area (Å²) in [5.41, 5.74) is 7.53. The molecule has 1 unspecified atom stereocenters. The quantitative estimate of drug-likeness (QED) is 0.903. The first-order valence-electron chi connectivity index (χ1n) is 6.76.